The number of aromatic nitrogens is 2. The number of amides is 1. The van der Waals surface area contributed by atoms with Crippen LogP contribution in [0.25, 0.3) is 11.1 Å². The van der Waals surface area contributed by atoms with Crippen LogP contribution in [0.2, 0.25) is 10.0 Å². The third kappa shape index (κ3) is 5.33. The fourth-order valence-electron chi connectivity index (χ4n) is 4.19. The SMILES string of the molecule is Cn1ncc(N2CCCC2)c(-c2ccc(C[C@H](NC(=O)c3c(Cl)cccc3Cl)C(=O)O)cc2)c1=O. The molecule has 4 rings (SSSR count). The second-order valence-electron chi connectivity index (χ2n) is 8.39. The number of benzene rings is 2. The minimum Gasteiger partial charge on any atom is -0.480 e. The molecule has 3 aromatic rings. The van der Waals surface area contributed by atoms with E-state index in [4.69, 9.17) is 23.2 Å². The fourth-order valence-corrected chi connectivity index (χ4v) is 4.76. The number of carboxylic acid groups (broad SMARTS) is 1. The second-order valence-corrected chi connectivity index (χ2v) is 9.20. The molecule has 0 radical (unpaired) electrons. The van der Waals surface area contributed by atoms with Crippen molar-refractivity contribution < 1.29 is 14.7 Å². The number of carbonyl (C=O) groups is 2. The van der Waals surface area contributed by atoms with Crippen molar-refractivity contribution in [3.63, 3.8) is 0 Å². The first-order valence-electron chi connectivity index (χ1n) is 11.1. The van der Waals surface area contributed by atoms with Gasteiger partial charge in [-0.1, -0.05) is 53.5 Å². The van der Waals surface area contributed by atoms with E-state index in [1.54, 1.807) is 43.6 Å². The second kappa shape index (κ2) is 10.5. The molecule has 1 saturated heterocycles. The summed E-state index contributed by atoms with van der Waals surface area (Å²) in [7, 11) is 1.61. The molecule has 2 heterocycles. The fraction of sp³-hybridized carbons (Fsp3) is 0.280. The molecular weight excluding hydrogens is 491 g/mol. The van der Waals surface area contributed by atoms with Crippen LogP contribution in [-0.4, -0.2) is 45.9 Å². The molecule has 0 aliphatic carbocycles. The van der Waals surface area contributed by atoms with E-state index in [9.17, 15) is 19.5 Å². The van der Waals surface area contributed by atoms with Crippen molar-refractivity contribution in [2.45, 2.75) is 25.3 Å². The van der Waals surface area contributed by atoms with Crippen molar-refractivity contribution >= 4 is 40.8 Å². The Kier molecular flexibility index (Phi) is 7.42. The summed E-state index contributed by atoms with van der Waals surface area (Å²) >= 11 is 12.2. The Morgan fingerprint density at radius 3 is 2.31 bits per heavy atom. The van der Waals surface area contributed by atoms with E-state index in [1.807, 2.05) is 0 Å². The molecule has 0 spiro atoms. The Hall–Kier alpha value is -3.36. The molecule has 2 N–H and O–H groups in total. The van der Waals surface area contributed by atoms with Crippen molar-refractivity contribution in [3.05, 3.63) is 80.2 Å². The first-order chi connectivity index (χ1) is 16.8. The molecule has 1 aromatic heterocycles. The zero-order valence-electron chi connectivity index (χ0n) is 19.0. The van der Waals surface area contributed by atoms with Gasteiger partial charge in [0.2, 0.25) is 0 Å². The van der Waals surface area contributed by atoms with Gasteiger partial charge in [0.1, 0.15) is 6.04 Å². The molecule has 0 bridgehead atoms. The van der Waals surface area contributed by atoms with Gasteiger partial charge in [-0.15, -0.1) is 0 Å². The van der Waals surface area contributed by atoms with Crippen LogP contribution in [0.1, 0.15) is 28.8 Å². The molecule has 35 heavy (non-hydrogen) atoms. The predicted molar refractivity (Wildman–Crippen MR) is 135 cm³/mol. The summed E-state index contributed by atoms with van der Waals surface area (Å²) in [5, 5.41) is 16.6. The number of nitrogens with one attached hydrogen (secondary N) is 1. The maximum atomic E-state index is 12.9. The zero-order chi connectivity index (χ0) is 25.1. The average molecular weight is 515 g/mol. The molecular formula is C25H24Cl2N4O4. The summed E-state index contributed by atoms with van der Waals surface area (Å²) in [5.41, 5.74) is 2.59. The minimum atomic E-state index is -1.20. The third-order valence-corrected chi connectivity index (χ3v) is 6.67. The van der Waals surface area contributed by atoms with Gasteiger partial charge in [-0.2, -0.15) is 5.10 Å². The van der Waals surface area contributed by atoms with E-state index in [0.29, 0.717) is 11.1 Å². The highest BCUT2D eigenvalue weighted by Crippen LogP contribution is 2.30. The third-order valence-electron chi connectivity index (χ3n) is 6.04. The zero-order valence-corrected chi connectivity index (χ0v) is 20.5. The minimum absolute atomic E-state index is 0.0282. The monoisotopic (exact) mass is 514 g/mol. The van der Waals surface area contributed by atoms with E-state index in [2.05, 4.69) is 15.3 Å². The number of aliphatic carboxylic acids is 1. The van der Waals surface area contributed by atoms with Gasteiger partial charge < -0.3 is 15.3 Å². The normalized spacial score (nSPS) is 14.1. The Balaban J connectivity index is 1.57. The van der Waals surface area contributed by atoms with Gasteiger partial charge in [0.25, 0.3) is 11.5 Å². The number of hydrogen-bond acceptors (Lipinski definition) is 5. The standard InChI is InChI=1S/C25H24Cl2N4O4/c1-30-24(33)21(20(14-28-30)31-11-2-3-12-31)16-9-7-15(8-10-16)13-19(25(34)35)29-23(32)22-17(26)5-4-6-18(22)27/h4-10,14,19H,2-3,11-13H2,1H3,(H,29,32)(H,34,35)/t19-/m0/s1. The van der Waals surface area contributed by atoms with Gasteiger partial charge in [0.05, 0.1) is 33.1 Å². The van der Waals surface area contributed by atoms with Gasteiger partial charge in [0, 0.05) is 26.6 Å². The molecule has 10 heteroatoms. The molecule has 1 fully saturated rings. The molecule has 1 aliphatic heterocycles. The number of hydrogen-bond donors (Lipinski definition) is 2. The summed E-state index contributed by atoms with van der Waals surface area (Å²) in [6, 6.07) is 10.5. The number of nitrogens with zero attached hydrogens (tertiary/aromatic N) is 3. The van der Waals surface area contributed by atoms with Crippen LogP contribution in [0.15, 0.2) is 53.5 Å². The molecule has 0 saturated carbocycles. The van der Waals surface area contributed by atoms with Gasteiger partial charge in [-0.25, -0.2) is 9.48 Å². The van der Waals surface area contributed by atoms with Crippen molar-refractivity contribution in [2.24, 2.45) is 7.05 Å². The molecule has 1 aliphatic rings. The van der Waals surface area contributed by atoms with E-state index in [1.165, 1.54) is 16.8 Å². The Morgan fingerprint density at radius 2 is 1.71 bits per heavy atom. The van der Waals surface area contributed by atoms with Crippen LogP contribution in [0, 0.1) is 0 Å². The number of rotatable bonds is 7. The average Bonchev–Trinajstić information content (AvgIpc) is 3.35. The molecule has 0 unspecified atom stereocenters. The van der Waals surface area contributed by atoms with Crippen molar-refractivity contribution in [3.8, 4) is 11.1 Å². The van der Waals surface area contributed by atoms with Crippen molar-refractivity contribution in [1.82, 2.24) is 15.1 Å². The molecule has 8 nitrogen and oxygen atoms in total. The van der Waals surface area contributed by atoms with Crippen molar-refractivity contribution in [2.75, 3.05) is 18.0 Å². The lowest BCUT2D eigenvalue weighted by atomic mass is 10.00. The van der Waals surface area contributed by atoms with Crippen LogP contribution in [0.3, 0.4) is 0 Å². The highest BCUT2D eigenvalue weighted by atomic mass is 35.5. The topological polar surface area (TPSA) is 105 Å². The highest BCUT2D eigenvalue weighted by molar-refractivity contribution is 6.39. The maximum Gasteiger partial charge on any atom is 0.326 e. The maximum absolute atomic E-state index is 12.9. The summed E-state index contributed by atoms with van der Waals surface area (Å²) in [4.78, 5) is 39.6. The van der Waals surface area contributed by atoms with Crippen molar-refractivity contribution in [1.29, 1.82) is 0 Å². The van der Waals surface area contributed by atoms with Crippen LogP contribution in [-0.2, 0) is 18.3 Å². The molecule has 1 atom stereocenters. The number of anilines is 1. The van der Waals surface area contributed by atoms with E-state index < -0.39 is 17.9 Å². The lowest BCUT2D eigenvalue weighted by molar-refractivity contribution is -0.139. The number of halogens is 2. The Bertz CT molecular complexity index is 1300. The number of carbonyl (C=O) groups excluding carboxylic acids is 1. The van der Waals surface area contributed by atoms with E-state index in [-0.39, 0.29) is 27.6 Å². The predicted octanol–water partition coefficient (Wildman–Crippen LogP) is 3.78. The summed E-state index contributed by atoms with van der Waals surface area (Å²) < 4.78 is 1.30. The van der Waals surface area contributed by atoms with Crippen LogP contribution in [0.5, 0.6) is 0 Å². The van der Waals surface area contributed by atoms with Crippen LogP contribution < -0.4 is 15.8 Å². The lowest BCUT2D eigenvalue weighted by Crippen LogP contribution is -2.42. The number of carboxylic acids is 1. The molecule has 2 aromatic carbocycles. The van der Waals surface area contributed by atoms with Crippen LogP contribution in [0.4, 0.5) is 5.69 Å². The largest absolute Gasteiger partial charge is 0.480 e. The lowest BCUT2D eigenvalue weighted by Gasteiger charge is -2.21. The summed E-state index contributed by atoms with van der Waals surface area (Å²) in [5.74, 6) is -1.86. The number of aryl methyl sites for hydroxylation is 1. The van der Waals surface area contributed by atoms with E-state index in [0.717, 1.165) is 37.2 Å². The quantitative estimate of drug-likeness (QED) is 0.497. The van der Waals surface area contributed by atoms with Gasteiger partial charge in [-0.05, 0) is 36.1 Å². The van der Waals surface area contributed by atoms with Gasteiger partial charge in [0.15, 0.2) is 0 Å². The molecule has 182 valence electrons. The smallest absolute Gasteiger partial charge is 0.326 e. The first-order valence-corrected chi connectivity index (χ1v) is 11.9. The van der Waals surface area contributed by atoms with E-state index >= 15 is 0 Å². The van der Waals surface area contributed by atoms with Gasteiger partial charge in [-0.3, -0.25) is 9.59 Å². The Labute approximate surface area is 212 Å². The summed E-state index contributed by atoms with van der Waals surface area (Å²) in [6.07, 6.45) is 3.88. The van der Waals surface area contributed by atoms with Crippen LogP contribution >= 0.6 is 23.2 Å². The van der Waals surface area contributed by atoms with Gasteiger partial charge >= 0.3 is 5.97 Å². The first kappa shape index (κ1) is 24.8. The molecule has 1 amide bonds. The highest BCUT2D eigenvalue weighted by Gasteiger charge is 2.24. The Morgan fingerprint density at radius 1 is 1.09 bits per heavy atom. The summed E-state index contributed by atoms with van der Waals surface area (Å²) in [6.45, 7) is 1.74.